The first kappa shape index (κ1) is 13.1. The summed E-state index contributed by atoms with van der Waals surface area (Å²) >= 11 is 3.89. The molecular formula is C12H21NS2. The maximum Gasteiger partial charge on any atom is 0.00860 e. The molecule has 0 amide bonds. The second-order valence-electron chi connectivity index (χ2n) is 3.67. The summed E-state index contributed by atoms with van der Waals surface area (Å²) in [5, 5.41) is 5.68. The first-order valence-electron chi connectivity index (χ1n) is 5.66. The zero-order valence-corrected chi connectivity index (χ0v) is 11.3. The summed E-state index contributed by atoms with van der Waals surface area (Å²) in [5.41, 5.74) is 0. The largest absolute Gasteiger partial charge is 0.316 e. The number of thioether (sulfide) groups is 1. The van der Waals surface area contributed by atoms with Crippen LogP contribution in [0.1, 0.15) is 31.1 Å². The first-order chi connectivity index (χ1) is 7.34. The van der Waals surface area contributed by atoms with Crippen molar-refractivity contribution >= 4 is 23.1 Å². The molecule has 1 nitrogen and oxygen atoms in total. The third-order valence-corrected chi connectivity index (χ3v) is 4.42. The van der Waals surface area contributed by atoms with E-state index in [-0.39, 0.29) is 0 Å². The minimum Gasteiger partial charge on any atom is -0.316 e. The Morgan fingerprint density at radius 1 is 1.53 bits per heavy atom. The van der Waals surface area contributed by atoms with E-state index in [0.717, 1.165) is 13.1 Å². The van der Waals surface area contributed by atoms with Gasteiger partial charge < -0.3 is 5.32 Å². The summed E-state index contributed by atoms with van der Waals surface area (Å²) in [6.07, 6.45) is 1.29. The van der Waals surface area contributed by atoms with Crippen LogP contribution in [0.5, 0.6) is 0 Å². The standard InChI is InChI=1S/C12H21NS2/c1-3-14-8-5-7-13-10-11(2)12-6-4-9-15-12/h4,6,9,11,13H,3,5,7-8,10H2,1-2H3. The van der Waals surface area contributed by atoms with Crippen LogP contribution in [0.15, 0.2) is 17.5 Å². The number of nitrogens with one attached hydrogen (secondary N) is 1. The molecule has 0 bridgehead atoms. The molecule has 1 atom stereocenters. The van der Waals surface area contributed by atoms with Gasteiger partial charge in [0.2, 0.25) is 0 Å². The Kier molecular flexibility index (Phi) is 7.14. The lowest BCUT2D eigenvalue weighted by Gasteiger charge is -2.10. The number of rotatable bonds is 8. The normalized spacial score (nSPS) is 12.9. The van der Waals surface area contributed by atoms with Gasteiger partial charge in [0, 0.05) is 17.3 Å². The van der Waals surface area contributed by atoms with Crippen LogP contribution in [0.25, 0.3) is 0 Å². The smallest absolute Gasteiger partial charge is 0.00860 e. The van der Waals surface area contributed by atoms with Crippen molar-refractivity contribution in [3.63, 3.8) is 0 Å². The third-order valence-electron chi connectivity index (χ3n) is 2.33. The molecule has 1 unspecified atom stereocenters. The minimum atomic E-state index is 0.656. The van der Waals surface area contributed by atoms with Crippen molar-refractivity contribution in [2.24, 2.45) is 0 Å². The van der Waals surface area contributed by atoms with Gasteiger partial charge in [-0.25, -0.2) is 0 Å². The molecule has 1 heterocycles. The van der Waals surface area contributed by atoms with E-state index in [9.17, 15) is 0 Å². The fourth-order valence-corrected chi connectivity index (χ4v) is 2.86. The Bertz CT molecular complexity index is 234. The molecule has 1 aromatic rings. The first-order valence-corrected chi connectivity index (χ1v) is 7.70. The van der Waals surface area contributed by atoms with Gasteiger partial charge in [0.15, 0.2) is 0 Å². The predicted molar refractivity (Wildman–Crippen MR) is 73.2 cm³/mol. The molecule has 1 rings (SSSR count). The van der Waals surface area contributed by atoms with Crippen LogP contribution in [0.3, 0.4) is 0 Å². The number of hydrogen-bond acceptors (Lipinski definition) is 3. The van der Waals surface area contributed by atoms with E-state index in [1.807, 2.05) is 23.1 Å². The summed E-state index contributed by atoms with van der Waals surface area (Å²) in [7, 11) is 0. The van der Waals surface area contributed by atoms with E-state index < -0.39 is 0 Å². The molecule has 0 fully saturated rings. The summed E-state index contributed by atoms with van der Waals surface area (Å²) in [6.45, 7) is 6.77. The van der Waals surface area contributed by atoms with Crippen LogP contribution in [-0.4, -0.2) is 24.6 Å². The highest BCUT2D eigenvalue weighted by Gasteiger charge is 2.04. The lowest BCUT2D eigenvalue weighted by molar-refractivity contribution is 0.616. The Balaban J connectivity index is 2.00. The topological polar surface area (TPSA) is 12.0 Å². The molecule has 0 aliphatic heterocycles. The van der Waals surface area contributed by atoms with Gasteiger partial charge in [0.25, 0.3) is 0 Å². The number of thiophene rings is 1. The highest BCUT2D eigenvalue weighted by Crippen LogP contribution is 2.19. The average Bonchev–Trinajstić information content (AvgIpc) is 2.76. The fourth-order valence-electron chi connectivity index (χ4n) is 1.43. The molecule has 15 heavy (non-hydrogen) atoms. The van der Waals surface area contributed by atoms with Crippen molar-refractivity contribution in [2.75, 3.05) is 24.6 Å². The molecule has 0 saturated carbocycles. The Morgan fingerprint density at radius 3 is 3.07 bits per heavy atom. The van der Waals surface area contributed by atoms with E-state index in [1.54, 1.807) is 0 Å². The van der Waals surface area contributed by atoms with Gasteiger partial charge >= 0.3 is 0 Å². The van der Waals surface area contributed by atoms with Crippen molar-refractivity contribution in [2.45, 2.75) is 26.2 Å². The summed E-state index contributed by atoms with van der Waals surface area (Å²) in [4.78, 5) is 1.49. The second-order valence-corrected chi connectivity index (χ2v) is 6.04. The maximum absolute atomic E-state index is 3.53. The van der Waals surface area contributed by atoms with Crippen LogP contribution < -0.4 is 5.32 Å². The Labute approximate surface area is 102 Å². The third kappa shape index (κ3) is 5.59. The van der Waals surface area contributed by atoms with Crippen molar-refractivity contribution in [3.8, 4) is 0 Å². The van der Waals surface area contributed by atoms with E-state index in [2.05, 4.69) is 36.7 Å². The summed E-state index contributed by atoms with van der Waals surface area (Å²) in [5.74, 6) is 3.19. The Hall–Kier alpha value is 0.01000. The lowest BCUT2D eigenvalue weighted by Crippen LogP contribution is -2.21. The fraction of sp³-hybridized carbons (Fsp3) is 0.667. The summed E-state index contributed by atoms with van der Waals surface area (Å²) < 4.78 is 0. The lowest BCUT2D eigenvalue weighted by atomic mass is 10.1. The quantitative estimate of drug-likeness (QED) is 0.700. The molecule has 1 N–H and O–H groups in total. The molecule has 1 aromatic heterocycles. The average molecular weight is 243 g/mol. The second kappa shape index (κ2) is 8.20. The SMILES string of the molecule is CCSCCCNCC(C)c1cccs1. The van der Waals surface area contributed by atoms with E-state index in [0.29, 0.717) is 5.92 Å². The Morgan fingerprint density at radius 2 is 2.40 bits per heavy atom. The van der Waals surface area contributed by atoms with Gasteiger partial charge in [0.1, 0.15) is 0 Å². The van der Waals surface area contributed by atoms with Crippen LogP contribution in [-0.2, 0) is 0 Å². The van der Waals surface area contributed by atoms with Crippen LogP contribution in [0, 0.1) is 0 Å². The molecule has 0 aliphatic carbocycles. The highest BCUT2D eigenvalue weighted by molar-refractivity contribution is 7.99. The highest BCUT2D eigenvalue weighted by atomic mass is 32.2. The molecule has 0 spiro atoms. The van der Waals surface area contributed by atoms with Gasteiger partial charge in [-0.15, -0.1) is 11.3 Å². The van der Waals surface area contributed by atoms with Crippen molar-refractivity contribution in [1.82, 2.24) is 5.32 Å². The number of hydrogen-bond donors (Lipinski definition) is 1. The molecule has 0 radical (unpaired) electrons. The summed E-state index contributed by atoms with van der Waals surface area (Å²) in [6, 6.07) is 4.36. The minimum absolute atomic E-state index is 0.656. The van der Waals surface area contributed by atoms with Crippen LogP contribution in [0.2, 0.25) is 0 Å². The van der Waals surface area contributed by atoms with Crippen LogP contribution >= 0.6 is 23.1 Å². The van der Waals surface area contributed by atoms with Gasteiger partial charge in [0.05, 0.1) is 0 Å². The van der Waals surface area contributed by atoms with Crippen LogP contribution in [0.4, 0.5) is 0 Å². The van der Waals surface area contributed by atoms with Gasteiger partial charge in [-0.05, 0) is 35.9 Å². The van der Waals surface area contributed by atoms with Crippen molar-refractivity contribution < 1.29 is 0 Å². The van der Waals surface area contributed by atoms with Crippen molar-refractivity contribution in [3.05, 3.63) is 22.4 Å². The molecule has 3 heteroatoms. The monoisotopic (exact) mass is 243 g/mol. The molecule has 0 saturated heterocycles. The molecular weight excluding hydrogens is 222 g/mol. The predicted octanol–water partition coefficient (Wildman–Crippen LogP) is 3.58. The zero-order chi connectivity index (χ0) is 10.9. The van der Waals surface area contributed by atoms with E-state index >= 15 is 0 Å². The van der Waals surface area contributed by atoms with E-state index in [4.69, 9.17) is 0 Å². The van der Waals surface area contributed by atoms with Crippen molar-refractivity contribution in [1.29, 1.82) is 0 Å². The van der Waals surface area contributed by atoms with Gasteiger partial charge in [-0.1, -0.05) is 19.9 Å². The van der Waals surface area contributed by atoms with Gasteiger partial charge in [-0.3, -0.25) is 0 Å². The molecule has 0 aromatic carbocycles. The van der Waals surface area contributed by atoms with Gasteiger partial charge in [-0.2, -0.15) is 11.8 Å². The zero-order valence-electron chi connectivity index (χ0n) is 9.66. The maximum atomic E-state index is 3.53. The molecule has 0 aliphatic rings. The van der Waals surface area contributed by atoms with E-state index in [1.165, 1.54) is 22.8 Å². The molecule has 86 valence electrons.